The maximum Gasteiger partial charge on any atom is 0.261 e. The SMILES string of the molecule is COC1(Cn2cnc3cc(Cl)ccc3c2=O)CCN(C(=O)CC(C)c2ccccc2)CC1. The lowest BCUT2D eigenvalue weighted by Gasteiger charge is -2.41. The molecule has 1 aromatic heterocycles. The minimum absolute atomic E-state index is 0.113. The highest BCUT2D eigenvalue weighted by Gasteiger charge is 2.37. The van der Waals surface area contributed by atoms with E-state index in [1.165, 1.54) is 5.56 Å². The number of benzene rings is 2. The number of nitrogens with zero attached hydrogens (tertiary/aromatic N) is 3. The first-order valence-electron chi connectivity index (χ1n) is 10.9. The maximum absolute atomic E-state index is 13.0. The van der Waals surface area contributed by atoms with E-state index in [-0.39, 0.29) is 17.4 Å². The maximum atomic E-state index is 13.0. The first kappa shape index (κ1) is 22.5. The Balaban J connectivity index is 1.42. The number of carbonyl (C=O) groups excluding carboxylic acids is 1. The lowest BCUT2D eigenvalue weighted by atomic mass is 9.90. The molecule has 6 nitrogen and oxygen atoms in total. The molecule has 3 aromatic rings. The minimum atomic E-state index is -0.507. The molecule has 1 atom stereocenters. The van der Waals surface area contributed by atoms with Crippen molar-refractivity contribution in [2.45, 2.75) is 44.2 Å². The van der Waals surface area contributed by atoms with Crippen LogP contribution in [0.15, 0.2) is 59.7 Å². The van der Waals surface area contributed by atoms with Crippen molar-refractivity contribution in [1.29, 1.82) is 0 Å². The van der Waals surface area contributed by atoms with Crippen LogP contribution in [-0.4, -0.2) is 46.2 Å². The summed E-state index contributed by atoms with van der Waals surface area (Å²) in [7, 11) is 1.67. The molecule has 0 saturated carbocycles. The molecule has 168 valence electrons. The van der Waals surface area contributed by atoms with Crippen LogP contribution in [0.4, 0.5) is 0 Å². The fourth-order valence-electron chi connectivity index (χ4n) is 4.44. The lowest BCUT2D eigenvalue weighted by molar-refractivity contribution is -0.137. The van der Waals surface area contributed by atoms with Gasteiger partial charge in [-0.1, -0.05) is 48.9 Å². The fraction of sp³-hybridized carbons (Fsp3) is 0.400. The number of hydrogen-bond donors (Lipinski definition) is 0. The number of rotatable bonds is 6. The number of carbonyl (C=O) groups is 1. The molecule has 0 radical (unpaired) electrons. The summed E-state index contributed by atoms with van der Waals surface area (Å²) in [6.07, 6.45) is 3.38. The van der Waals surface area contributed by atoms with Crippen molar-refractivity contribution < 1.29 is 9.53 Å². The predicted molar refractivity (Wildman–Crippen MR) is 126 cm³/mol. The number of hydrogen-bond acceptors (Lipinski definition) is 4. The quantitative estimate of drug-likeness (QED) is 0.559. The second kappa shape index (κ2) is 9.43. The zero-order valence-electron chi connectivity index (χ0n) is 18.5. The van der Waals surface area contributed by atoms with Crippen LogP contribution in [0, 0.1) is 0 Å². The van der Waals surface area contributed by atoms with Crippen LogP contribution in [0.2, 0.25) is 5.02 Å². The van der Waals surface area contributed by atoms with Crippen molar-refractivity contribution in [3.05, 3.63) is 75.8 Å². The third-order valence-electron chi connectivity index (χ3n) is 6.56. The monoisotopic (exact) mass is 453 g/mol. The average molecular weight is 454 g/mol. The molecular weight excluding hydrogens is 426 g/mol. The molecule has 1 fully saturated rings. The van der Waals surface area contributed by atoms with Crippen molar-refractivity contribution in [1.82, 2.24) is 14.5 Å². The van der Waals surface area contributed by atoms with Crippen LogP contribution in [-0.2, 0) is 16.1 Å². The first-order valence-corrected chi connectivity index (χ1v) is 11.3. The molecule has 1 amide bonds. The van der Waals surface area contributed by atoms with Gasteiger partial charge in [-0.2, -0.15) is 0 Å². The summed E-state index contributed by atoms with van der Waals surface area (Å²) in [5, 5.41) is 1.08. The second-order valence-electron chi connectivity index (χ2n) is 8.62. The van der Waals surface area contributed by atoms with Gasteiger partial charge in [0.25, 0.3) is 5.56 Å². The summed E-state index contributed by atoms with van der Waals surface area (Å²) < 4.78 is 7.51. The lowest BCUT2D eigenvalue weighted by Crippen LogP contribution is -2.50. The Morgan fingerprint density at radius 1 is 1.19 bits per heavy atom. The normalized spacial score (nSPS) is 16.8. The Labute approximate surface area is 192 Å². The van der Waals surface area contributed by atoms with E-state index in [9.17, 15) is 9.59 Å². The van der Waals surface area contributed by atoms with Gasteiger partial charge in [-0.3, -0.25) is 14.2 Å². The molecule has 1 aliphatic heterocycles. The van der Waals surface area contributed by atoms with E-state index in [4.69, 9.17) is 16.3 Å². The topological polar surface area (TPSA) is 64.4 Å². The summed E-state index contributed by atoms with van der Waals surface area (Å²) in [6, 6.07) is 15.2. The van der Waals surface area contributed by atoms with E-state index in [2.05, 4.69) is 24.0 Å². The van der Waals surface area contributed by atoms with Gasteiger partial charge >= 0.3 is 0 Å². The van der Waals surface area contributed by atoms with E-state index in [1.54, 1.807) is 36.2 Å². The number of halogens is 1. The van der Waals surface area contributed by atoms with Gasteiger partial charge in [0, 0.05) is 31.6 Å². The van der Waals surface area contributed by atoms with Crippen LogP contribution in [0.25, 0.3) is 10.9 Å². The number of methoxy groups -OCH3 is 1. The summed E-state index contributed by atoms with van der Waals surface area (Å²) >= 11 is 6.02. The van der Waals surface area contributed by atoms with E-state index < -0.39 is 5.60 Å². The molecule has 0 N–H and O–H groups in total. The largest absolute Gasteiger partial charge is 0.376 e. The Hall–Kier alpha value is -2.70. The molecule has 4 rings (SSSR count). The van der Waals surface area contributed by atoms with Gasteiger partial charge in [0.1, 0.15) is 0 Å². The molecule has 0 bridgehead atoms. The van der Waals surface area contributed by atoms with Crippen molar-refractivity contribution in [2.75, 3.05) is 20.2 Å². The van der Waals surface area contributed by atoms with Crippen molar-refractivity contribution in [3.8, 4) is 0 Å². The van der Waals surface area contributed by atoms with E-state index in [0.29, 0.717) is 54.8 Å². The highest BCUT2D eigenvalue weighted by atomic mass is 35.5. The van der Waals surface area contributed by atoms with Crippen molar-refractivity contribution in [2.24, 2.45) is 0 Å². The summed E-state index contributed by atoms with van der Waals surface area (Å²) in [5.74, 6) is 0.334. The third kappa shape index (κ3) is 4.71. The van der Waals surface area contributed by atoms with Gasteiger partial charge in [0.2, 0.25) is 5.91 Å². The van der Waals surface area contributed by atoms with Crippen molar-refractivity contribution in [3.63, 3.8) is 0 Å². The molecular formula is C25H28ClN3O3. The predicted octanol–water partition coefficient (Wildman–Crippen LogP) is 4.25. The molecule has 2 aromatic carbocycles. The van der Waals surface area contributed by atoms with Crippen molar-refractivity contribution >= 4 is 28.4 Å². The Morgan fingerprint density at radius 3 is 2.59 bits per heavy atom. The second-order valence-corrected chi connectivity index (χ2v) is 9.06. The van der Waals surface area contributed by atoms with Crippen LogP contribution in [0.5, 0.6) is 0 Å². The van der Waals surface area contributed by atoms with Gasteiger partial charge in [-0.15, -0.1) is 0 Å². The molecule has 1 unspecified atom stereocenters. The van der Waals surface area contributed by atoms with Gasteiger partial charge < -0.3 is 9.64 Å². The Morgan fingerprint density at radius 2 is 1.91 bits per heavy atom. The molecule has 32 heavy (non-hydrogen) atoms. The Kier molecular flexibility index (Phi) is 6.63. The number of ether oxygens (including phenoxy) is 1. The van der Waals surface area contributed by atoms with Crippen LogP contribution in [0.3, 0.4) is 0 Å². The average Bonchev–Trinajstić information content (AvgIpc) is 2.82. The third-order valence-corrected chi connectivity index (χ3v) is 6.79. The summed E-state index contributed by atoms with van der Waals surface area (Å²) in [5.41, 5.74) is 1.14. The highest BCUT2D eigenvalue weighted by Crippen LogP contribution is 2.29. The van der Waals surface area contributed by atoms with Gasteiger partial charge in [0.05, 0.1) is 29.4 Å². The summed E-state index contributed by atoms with van der Waals surface area (Å²) in [6.45, 7) is 3.71. The molecule has 1 saturated heterocycles. The van der Waals surface area contributed by atoms with Gasteiger partial charge in [0.15, 0.2) is 0 Å². The molecule has 0 spiro atoms. The first-order chi connectivity index (χ1) is 15.4. The van der Waals surface area contributed by atoms with Gasteiger partial charge in [-0.05, 0) is 42.5 Å². The zero-order valence-corrected chi connectivity index (χ0v) is 19.2. The summed E-state index contributed by atoms with van der Waals surface area (Å²) in [4.78, 5) is 32.2. The number of aromatic nitrogens is 2. The molecule has 0 aliphatic carbocycles. The number of piperidine rings is 1. The number of likely N-dealkylation sites (tertiary alicyclic amines) is 1. The van der Waals surface area contributed by atoms with Crippen LogP contribution >= 0.6 is 11.6 Å². The van der Waals surface area contributed by atoms with E-state index in [0.717, 1.165) is 0 Å². The Bertz CT molecular complexity index is 1150. The van der Waals surface area contributed by atoms with Crippen LogP contribution in [0.1, 0.15) is 37.7 Å². The molecule has 7 heteroatoms. The minimum Gasteiger partial charge on any atom is -0.376 e. The number of amides is 1. The van der Waals surface area contributed by atoms with E-state index in [1.807, 2.05) is 23.1 Å². The smallest absolute Gasteiger partial charge is 0.261 e. The zero-order chi connectivity index (χ0) is 22.7. The van der Waals surface area contributed by atoms with Crippen LogP contribution < -0.4 is 5.56 Å². The standard InChI is InChI=1S/C25H28ClN3O3/c1-18(19-6-4-3-5-7-19)14-23(30)28-12-10-25(32-2,11-13-28)16-29-17-27-22-15-20(26)8-9-21(22)24(29)31/h3-9,15,17-18H,10-14,16H2,1-2H3. The van der Waals surface area contributed by atoms with E-state index >= 15 is 0 Å². The van der Waals surface area contributed by atoms with Gasteiger partial charge in [-0.25, -0.2) is 4.98 Å². The number of fused-ring (bicyclic) bond motifs is 1. The molecule has 2 heterocycles. The highest BCUT2D eigenvalue weighted by molar-refractivity contribution is 6.31. The fourth-order valence-corrected chi connectivity index (χ4v) is 4.60. The molecule has 1 aliphatic rings.